The summed E-state index contributed by atoms with van der Waals surface area (Å²) in [7, 11) is 0. The zero-order valence-electron chi connectivity index (χ0n) is 7.99. The van der Waals surface area contributed by atoms with Crippen LogP contribution in [-0.2, 0) is 24.3 Å². The summed E-state index contributed by atoms with van der Waals surface area (Å²) >= 11 is 0. The smallest absolute Gasteiger partial charge is 0.356 e. The highest BCUT2D eigenvalue weighted by molar-refractivity contribution is 5.87. The Hall–Kier alpha value is -1.36. The van der Waals surface area contributed by atoms with Gasteiger partial charge in [-0.15, -0.1) is 0 Å². The zero-order chi connectivity index (χ0) is 10.1. The van der Waals surface area contributed by atoms with Gasteiger partial charge in [-0.2, -0.15) is 5.10 Å². The molecule has 76 valence electrons. The van der Waals surface area contributed by atoms with E-state index in [9.17, 15) is 4.79 Å². The van der Waals surface area contributed by atoms with E-state index in [2.05, 4.69) is 5.10 Å². The summed E-state index contributed by atoms with van der Waals surface area (Å²) in [6.07, 6.45) is 0.650. The molecule has 0 aliphatic carbocycles. The molecule has 0 amide bonds. The molecule has 1 aromatic heterocycles. The maximum atomic E-state index is 10.9. The number of carboxylic acids is 1. The number of carboxylic acid groups (broad SMARTS) is 1. The second-order valence-electron chi connectivity index (χ2n) is 3.20. The van der Waals surface area contributed by atoms with E-state index in [1.165, 1.54) is 0 Å². The number of nitrogens with zero attached hydrogens (tertiary/aromatic N) is 2. The molecule has 0 unspecified atom stereocenters. The molecule has 1 aliphatic heterocycles. The second kappa shape index (κ2) is 3.42. The average molecular weight is 196 g/mol. The van der Waals surface area contributed by atoms with E-state index in [0.717, 1.165) is 11.3 Å². The molecule has 1 aromatic rings. The fourth-order valence-electron chi connectivity index (χ4n) is 1.73. The number of fused-ring (bicyclic) bond motifs is 1. The van der Waals surface area contributed by atoms with Gasteiger partial charge in [-0.1, -0.05) is 0 Å². The van der Waals surface area contributed by atoms with E-state index in [-0.39, 0.29) is 5.69 Å². The first-order valence-electron chi connectivity index (χ1n) is 4.63. The van der Waals surface area contributed by atoms with Gasteiger partial charge in [0.1, 0.15) is 0 Å². The Bertz CT molecular complexity index is 370. The summed E-state index contributed by atoms with van der Waals surface area (Å²) in [5.41, 5.74) is 1.94. The van der Waals surface area contributed by atoms with Crippen molar-refractivity contribution in [3.8, 4) is 0 Å². The van der Waals surface area contributed by atoms with Gasteiger partial charge in [-0.05, 0) is 6.92 Å². The first kappa shape index (κ1) is 9.21. The Balaban J connectivity index is 2.52. The van der Waals surface area contributed by atoms with E-state index in [4.69, 9.17) is 9.84 Å². The van der Waals surface area contributed by atoms with Crippen molar-refractivity contribution >= 4 is 5.97 Å². The van der Waals surface area contributed by atoms with Gasteiger partial charge in [0.2, 0.25) is 0 Å². The molecule has 5 heteroatoms. The predicted octanol–water partition coefficient (Wildman–Crippen LogP) is 0.674. The van der Waals surface area contributed by atoms with Crippen molar-refractivity contribution in [2.75, 3.05) is 6.61 Å². The normalized spacial score (nSPS) is 15.2. The van der Waals surface area contributed by atoms with Crippen molar-refractivity contribution in [1.29, 1.82) is 0 Å². The summed E-state index contributed by atoms with van der Waals surface area (Å²) in [4.78, 5) is 10.9. The van der Waals surface area contributed by atoms with Crippen LogP contribution >= 0.6 is 0 Å². The molecular weight excluding hydrogens is 184 g/mol. The Morgan fingerprint density at radius 3 is 3.14 bits per heavy atom. The van der Waals surface area contributed by atoms with E-state index >= 15 is 0 Å². The molecule has 0 spiro atoms. The van der Waals surface area contributed by atoms with Gasteiger partial charge in [0.05, 0.1) is 18.9 Å². The first-order chi connectivity index (χ1) is 6.74. The number of carbonyl (C=O) groups is 1. The highest BCUT2D eigenvalue weighted by Gasteiger charge is 2.24. The van der Waals surface area contributed by atoms with Gasteiger partial charge in [0, 0.05) is 18.5 Å². The number of ether oxygens (including phenoxy) is 1. The number of rotatable bonds is 2. The van der Waals surface area contributed by atoms with Crippen molar-refractivity contribution in [1.82, 2.24) is 9.78 Å². The van der Waals surface area contributed by atoms with Crippen LogP contribution in [0.5, 0.6) is 0 Å². The SMILES string of the molecule is CCn1nc(C(=O)O)c2c1COCC2. The zero-order valence-corrected chi connectivity index (χ0v) is 7.99. The summed E-state index contributed by atoms with van der Waals surface area (Å²) in [6.45, 7) is 3.68. The fraction of sp³-hybridized carbons (Fsp3) is 0.556. The average Bonchev–Trinajstić information content (AvgIpc) is 2.56. The predicted molar refractivity (Wildman–Crippen MR) is 48.2 cm³/mol. The Morgan fingerprint density at radius 1 is 1.71 bits per heavy atom. The summed E-state index contributed by atoms with van der Waals surface area (Å²) in [6, 6.07) is 0. The topological polar surface area (TPSA) is 64.4 Å². The van der Waals surface area contributed by atoms with Gasteiger partial charge in [-0.25, -0.2) is 4.79 Å². The van der Waals surface area contributed by atoms with Crippen LogP contribution in [0.2, 0.25) is 0 Å². The largest absolute Gasteiger partial charge is 0.476 e. The number of hydrogen-bond donors (Lipinski definition) is 1. The molecule has 2 heterocycles. The third-order valence-corrected chi connectivity index (χ3v) is 2.40. The molecule has 0 atom stereocenters. The first-order valence-corrected chi connectivity index (χ1v) is 4.63. The lowest BCUT2D eigenvalue weighted by Crippen LogP contribution is -2.13. The minimum atomic E-state index is -0.949. The van der Waals surface area contributed by atoms with E-state index < -0.39 is 5.97 Å². The van der Waals surface area contributed by atoms with Crippen LogP contribution in [0, 0.1) is 0 Å². The molecule has 14 heavy (non-hydrogen) atoms. The molecule has 0 bridgehead atoms. The van der Waals surface area contributed by atoms with Crippen LogP contribution in [0.15, 0.2) is 0 Å². The molecule has 2 rings (SSSR count). The molecule has 1 aliphatic rings. The lowest BCUT2D eigenvalue weighted by Gasteiger charge is -2.13. The van der Waals surface area contributed by atoms with Crippen LogP contribution in [0.4, 0.5) is 0 Å². The van der Waals surface area contributed by atoms with Gasteiger partial charge in [0.15, 0.2) is 5.69 Å². The molecule has 0 saturated heterocycles. The van der Waals surface area contributed by atoms with E-state index in [1.807, 2.05) is 6.92 Å². The van der Waals surface area contributed by atoms with Crippen molar-refractivity contribution in [3.63, 3.8) is 0 Å². The minimum absolute atomic E-state index is 0.185. The second-order valence-corrected chi connectivity index (χ2v) is 3.20. The molecular formula is C9H12N2O3. The van der Waals surface area contributed by atoms with Crippen molar-refractivity contribution in [2.24, 2.45) is 0 Å². The Kier molecular flexibility index (Phi) is 2.25. The molecule has 0 radical (unpaired) electrons. The molecule has 0 aromatic carbocycles. The number of aromatic nitrogens is 2. The van der Waals surface area contributed by atoms with E-state index in [1.54, 1.807) is 4.68 Å². The van der Waals surface area contributed by atoms with Crippen LogP contribution in [0.25, 0.3) is 0 Å². The summed E-state index contributed by atoms with van der Waals surface area (Å²) in [5, 5.41) is 13.0. The lowest BCUT2D eigenvalue weighted by molar-refractivity contribution is 0.0686. The number of hydrogen-bond acceptors (Lipinski definition) is 3. The standard InChI is InChI=1S/C9H12N2O3/c1-2-11-7-5-14-4-3-6(7)8(10-11)9(12)13/h2-5H2,1H3,(H,12,13). The quantitative estimate of drug-likeness (QED) is 0.755. The van der Waals surface area contributed by atoms with Crippen LogP contribution < -0.4 is 0 Å². The Morgan fingerprint density at radius 2 is 2.50 bits per heavy atom. The number of aryl methyl sites for hydroxylation is 1. The highest BCUT2D eigenvalue weighted by Crippen LogP contribution is 2.20. The fourth-order valence-corrected chi connectivity index (χ4v) is 1.73. The van der Waals surface area contributed by atoms with Crippen molar-refractivity contribution < 1.29 is 14.6 Å². The van der Waals surface area contributed by atoms with Crippen LogP contribution in [-0.4, -0.2) is 27.5 Å². The van der Waals surface area contributed by atoms with Crippen LogP contribution in [0.1, 0.15) is 28.7 Å². The van der Waals surface area contributed by atoms with Crippen molar-refractivity contribution in [2.45, 2.75) is 26.5 Å². The monoisotopic (exact) mass is 196 g/mol. The van der Waals surface area contributed by atoms with Crippen LogP contribution in [0.3, 0.4) is 0 Å². The van der Waals surface area contributed by atoms with Gasteiger partial charge in [-0.3, -0.25) is 4.68 Å². The lowest BCUT2D eigenvalue weighted by atomic mass is 10.1. The van der Waals surface area contributed by atoms with Crippen molar-refractivity contribution in [3.05, 3.63) is 17.0 Å². The molecule has 5 nitrogen and oxygen atoms in total. The van der Waals surface area contributed by atoms with Gasteiger partial charge in [0.25, 0.3) is 0 Å². The molecule has 0 fully saturated rings. The van der Waals surface area contributed by atoms with Gasteiger partial charge >= 0.3 is 5.97 Å². The van der Waals surface area contributed by atoms with Gasteiger partial charge < -0.3 is 9.84 Å². The Labute approximate surface area is 81.3 Å². The maximum Gasteiger partial charge on any atom is 0.356 e. The summed E-state index contributed by atoms with van der Waals surface area (Å²) < 4.78 is 6.98. The maximum absolute atomic E-state index is 10.9. The number of aromatic carboxylic acids is 1. The molecule has 0 saturated carbocycles. The van der Waals surface area contributed by atoms with E-state index in [0.29, 0.717) is 26.2 Å². The highest BCUT2D eigenvalue weighted by atomic mass is 16.5. The third kappa shape index (κ3) is 1.29. The molecule has 1 N–H and O–H groups in total. The minimum Gasteiger partial charge on any atom is -0.476 e. The third-order valence-electron chi connectivity index (χ3n) is 2.40. The summed E-state index contributed by atoms with van der Waals surface area (Å²) in [5.74, 6) is -0.949.